The Balaban J connectivity index is 2.69. The first-order chi connectivity index (χ1) is 8.13. The van der Waals surface area contributed by atoms with Gasteiger partial charge in [0.2, 0.25) is 5.91 Å². The van der Waals surface area contributed by atoms with E-state index in [0.717, 1.165) is 5.56 Å². The Morgan fingerprint density at radius 2 is 2.06 bits per heavy atom. The van der Waals surface area contributed by atoms with Crippen LogP contribution in [0.2, 0.25) is 0 Å². The van der Waals surface area contributed by atoms with Crippen molar-refractivity contribution in [3.05, 3.63) is 29.8 Å². The van der Waals surface area contributed by atoms with E-state index in [-0.39, 0.29) is 0 Å². The van der Waals surface area contributed by atoms with Crippen LogP contribution in [0.15, 0.2) is 24.3 Å². The maximum Gasteiger partial charge on any atom is 0.312 e. The molecule has 1 amide bonds. The van der Waals surface area contributed by atoms with Crippen LogP contribution < -0.4 is 5.32 Å². The maximum absolute atomic E-state index is 11.3. The molecular weight excluding hydrogens is 222 g/mol. The molecule has 5 heteroatoms. The molecule has 0 aliphatic rings. The number of hydrogen-bond acceptors (Lipinski definition) is 3. The largest absolute Gasteiger partial charge is 0.481 e. The minimum Gasteiger partial charge on any atom is -0.481 e. The molecule has 5 nitrogen and oxygen atoms in total. The lowest BCUT2D eigenvalue weighted by molar-refractivity contribution is -0.139. The highest BCUT2D eigenvalue weighted by atomic mass is 16.5. The number of carbonyl (C=O) groups excluding carboxylic acids is 1. The minimum absolute atomic E-state index is 0.526. The van der Waals surface area contributed by atoms with Crippen LogP contribution in [0.4, 0.5) is 5.69 Å². The van der Waals surface area contributed by atoms with Crippen molar-refractivity contribution in [2.45, 2.75) is 12.8 Å². The van der Waals surface area contributed by atoms with Crippen molar-refractivity contribution in [1.82, 2.24) is 0 Å². The summed E-state index contributed by atoms with van der Waals surface area (Å²) in [6, 6.07) is 7.25. The van der Waals surface area contributed by atoms with E-state index in [0.29, 0.717) is 18.7 Å². The van der Waals surface area contributed by atoms with Crippen LogP contribution in [0.1, 0.15) is 12.0 Å². The molecule has 17 heavy (non-hydrogen) atoms. The molecule has 1 aromatic carbocycles. The fourth-order valence-corrected chi connectivity index (χ4v) is 1.40. The number of rotatable bonds is 6. The van der Waals surface area contributed by atoms with E-state index < -0.39 is 18.3 Å². The van der Waals surface area contributed by atoms with Gasteiger partial charge in [0.15, 0.2) is 0 Å². The second-order valence-corrected chi connectivity index (χ2v) is 3.52. The van der Waals surface area contributed by atoms with E-state index in [1.807, 2.05) is 12.1 Å². The number of nitrogens with one attached hydrogen (secondary N) is 1. The van der Waals surface area contributed by atoms with Crippen molar-refractivity contribution in [2.24, 2.45) is 0 Å². The van der Waals surface area contributed by atoms with Gasteiger partial charge in [0.25, 0.3) is 0 Å². The van der Waals surface area contributed by atoms with Crippen molar-refractivity contribution >= 4 is 17.6 Å². The van der Waals surface area contributed by atoms with E-state index in [9.17, 15) is 9.59 Å². The second kappa shape index (κ2) is 6.65. The fraction of sp³-hybridized carbons (Fsp3) is 0.333. The fourth-order valence-electron chi connectivity index (χ4n) is 1.40. The highest BCUT2D eigenvalue weighted by Gasteiger charge is 2.09. The Labute approximate surface area is 99.4 Å². The Hall–Kier alpha value is -1.88. The van der Waals surface area contributed by atoms with Crippen LogP contribution in [-0.4, -0.2) is 30.7 Å². The smallest absolute Gasteiger partial charge is 0.312 e. The summed E-state index contributed by atoms with van der Waals surface area (Å²) in [5.74, 6) is -1.67. The number of hydrogen-bond donors (Lipinski definition) is 2. The molecule has 0 spiro atoms. The van der Waals surface area contributed by atoms with Gasteiger partial charge in [-0.2, -0.15) is 0 Å². The number of para-hydroxylation sites is 1. The summed E-state index contributed by atoms with van der Waals surface area (Å²) >= 11 is 0. The van der Waals surface area contributed by atoms with Gasteiger partial charge in [-0.1, -0.05) is 18.2 Å². The number of anilines is 1. The van der Waals surface area contributed by atoms with Crippen molar-refractivity contribution in [3.8, 4) is 0 Å². The second-order valence-electron chi connectivity index (χ2n) is 3.52. The third kappa shape index (κ3) is 4.65. The van der Waals surface area contributed by atoms with Gasteiger partial charge >= 0.3 is 5.97 Å². The first-order valence-electron chi connectivity index (χ1n) is 5.22. The van der Waals surface area contributed by atoms with Crippen molar-refractivity contribution in [1.29, 1.82) is 0 Å². The quantitative estimate of drug-likeness (QED) is 0.731. The first kappa shape index (κ1) is 13.2. The molecule has 0 atom stereocenters. The van der Waals surface area contributed by atoms with Crippen molar-refractivity contribution in [2.75, 3.05) is 19.0 Å². The molecule has 0 unspecified atom stereocenters. The van der Waals surface area contributed by atoms with E-state index in [4.69, 9.17) is 9.84 Å². The zero-order valence-corrected chi connectivity index (χ0v) is 9.60. The summed E-state index contributed by atoms with van der Waals surface area (Å²) in [5.41, 5.74) is 1.56. The Bertz CT molecular complexity index is 403. The van der Waals surface area contributed by atoms with Gasteiger partial charge in [0.05, 0.1) is 6.61 Å². The standard InChI is InChI=1S/C12H15NO4/c1-17-7-6-9-4-2-3-5-10(9)13-11(14)8-12(15)16/h2-5H,6-8H2,1H3,(H,13,14)(H,15,16). The summed E-state index contributed by atoms with van der Waals surface area (Å²) in [4.78, 5) is 21.7. The predicted molar refractivity (Wildman–Crippen MR) is 62.9 cm³/mol. The minimum atomic E-state index is -1.14. The van der Waals surface area contributed by atoms with Crippen molar-refractivity contribution < 1.29 is 19.4 Å². The topological polar surface area (TPSA) is 75.6 Å². The third-order valence-electron chi connectivity index (χ3n) is 2.18. The molecule has 0 aliphatic heterocycles. The van der Waals surface area contributed by atoms with Crippen molar-refractivity contribution in [3.63, 3.8) is 0 Å². The lowest BCUT2D eigenvalue weighted by Crippen LogP contribution is -2.17. The SMILES string of the molecule is COCCc1ccccc1NC(=O)CC(=O)O. The van der Waals surface area contributed by atoms with E-state index in [1.165, 1.54) is 0 Å². The van der Waals surface area contributed by atoms with E-state index in [1.54, 1.807) is 19.2 Å². The number of aliphatic carboxylic acids is 1. The van der Waals surface area contributed by atoms with Crippen LogP contribution in [-0.2, 0) is 20.7 Å². The average Bonchev–Trinajstić information content (AvgIpc) is 2.26. The molecule has 92 valence electrons. The lowest BCUT2D eigenvalue weighted by Gasteiger charge is -2.09. The molecule has 0 fully saturated rings. The molecule has 0 saturated heterocycles. The number of amides is 1. The number of methoxy groups -OCH3 is 1. The lowest BCUT2D eigenvalue weighted by atomic mass is 10.1. The number of ether oxygens (including phenoxy) is 1. The van der Waals surface area contributed by atoms with Crippen LogP contribution in [0.3, 0.4) is 0 Å². The first-order valence-corrected chi connectivity index (χ1v) is 5.22. The summed E-state index contributed by atoms with van der Waals surface area (Å²) < 4.78 is 4.96. The Kier molecular flexibility index (Phi) is 5.16. The van der Waals surface area contributed by atoms with E-state index >= 15 is 0 Å². The zero-order valence-electron chi connectivity index (χ0n) is 9.60. The third-order valence-corrected chi connectivity index (χ3v) is 2.18. The summed E-state index contributed by atoms with van der Waals surface area (Å²) in [6.07, 6.45) is 0.138. The molecule has 0 aliphatic carbocycles. The number of carboxylic acid groups (broad SMARTS) is 1. The Morgan fingerprint density at radius 1 is 1.35 bits per heavy atom. The molecule has 0 aromatic heterocycles. The predicted octanol–water partition coefficient (Wildman–Crippen LogP) is 1.29. The van der Waals surface area contributed by atoms with Gasteiger partial charge < -0.3 is 15.2 Å². The molecule has 2 N–H and O–H groups in total. The van der Waals surface area contributed by atoms with Crippen LogP contribution >= 0.6 is 0 Å². The molecular formula is C12H15NO4. The highest BCUT2D eigenvalue weighted by Crippen LogP contribution is 2.15. The van der Waals surface area contributed by atoms with Crippen LogP contribution in [0.5, 0.6) is 0 Å². The summed E-state index contributed by atoms with van der Waals surface area (Å²) in [7, 11) is 1.60. The molecule has 0 saturated carbocycles. The average molecular weight is 237 g/mol. The van der Waals surface area contributed by atoms with Gasteiger partial charge in [0.1, 0.15) is 6.42 Å². The summed E-state index contributed by atoms with van der Waals surface area (Å²) in [5, 5.41) is 11.1. The van der Waals surface area contributed by atoms with E-state index in [2.05, 4.69) is 5.32 Å². The maximum atomic E-state index is 11.3. The van der Waals surface area contributed by atoms with Gasteiger partial charge in [-0.05, 0) is 18.1 Å². The van der Waals surface area contributed by atoms with Gasteiger partial charge in [-0.15, -0.1) is 0 Å². The normalized spacial score (nSPS) is 9.94. The Morgan fingerprint density at radius 3 is 2.71 bits per heavy atom. The van der Waals surface area contributed by atoms with Crippen LogP contribution in [0, 0.1) is 0 Å². The van der Waals surface area contributed by atoms with Gasteiger partial charge in [0, 0.05) is 12.8 Å². The zero-order chi connectivity index (χ0) is 12.7. The molecule has 0 radical (unpaired) electrons. The van der Waals surface area contributed by atoms with Gasteiger partial charge in [-0.3, -0.25) is 9.59 Å². The monoisotopic (exact) mass is 237 g/mol. The molecule has 1 rings (SSSR count). The molecule has 0 heterocycles. The summed E-state index contributed by atoms with van der Waals surface area (Å²) in [6.45, 7) is 0.547. The van der Waals surface area contributed by atoms with Crippen LogP contribution in [0.25, 0.3) is 0 Å². The highest BCUT2D eigenvalue weighted by molar-refractivity contribution is 6.01. The number of carboxylic acids is 1. The number of benzene rings is 1. The molecule has 0 bridgehead atoms. The van der Waals surface area contributed by atoms with Gasteiger partial charge in [-0.25, -0.2) is 0 Å². The number of carbonyl (C=O) groups is 2. The molecule has 1 aromatic rings.